The van der Waals surface area contributed by atoms with Crippen molar-refractivity contribution in [3.05, 3.63) is 48.4 Å². The lowest BCUT2D eigenvalue weighted by Gasteiger charge is -2.17. The van der Waals surface area contributed by atoms with E-state index >= 15 is 0 Å². The number of carbonyl (C=O) groups is 1. The number of hydrogen-bond acceptors (Lipinski definition) is 5. The van der Waals surface area contributed by atoms with Crippen molar-refractivity contribution in [1.82, 2.24) is 19.4 Å². The van der Waals surface area contributed by atoms with E-state index in [1.807, 2.05) is 43.1 Å². The van der Waals surface area contributed by atoms with Crippen molar-refractivity contribution < 1.29 is 9.53 Å². The highest BCUT2D eigenvalue weighted by Gasteiger charge is 2.28. The minimum Gasteiger partial charge on any atom is -0.471 e. The highest BCUT2D eigenvalue weighted by atomic mass is 16.5. The average Bonchev–Trinajstić information content (AvgIpc) is 3.27. The average molecular weight is 379 g/mol. The third-order valence-corrected chi connectivity index (χ3v) is 5.16. The number of aromatic nitrogens is 3. The van der Waals surface area contributed by atoms with E-state index in [1.165, 1.54) is 0 Å². The van der Waals surface area contributed by atoms with Gasteiger partial charge in [0.05, 0.1) is 25.4 Å². The van der Waals surface area contributed by atoms with E-state index in [4.69, 9.17) is 4.74 Å². The first-order valence-corrected chi connectivity index (χ1v) is 9.48. The van der Waals surface area contributed by atoms with Gasteiger partial charge in [0, 0.05) is 51.2 Å². The van der Waals surface area contributed by atoms with E-state index in [-0.39, 0.29) is 12.0 Å². The number of anilines is 1. The molecule has 1 aliphatic rings. The van der Waals surface area contributed by atoms with Gasteiger partial charge in [0.2, 0.25) is 11.8 Å². The topological polar surface area (TPSA) is 63.5 Å². The molecule has 1 fully saturated rings. The standard InChI is InChI=1S/C21H25N5O2/c1-24(2)19-11-22-12-20(23-19)28-16-8-9-26(14-16)21(27)10-15-13-25(3)18-7-5-4-6-17(15)18/h4-7,11-13,16H,8-10,14H2,1-3H3. The van der Waals surface area contributed by atoms with Crippen molar-refractivity contribution in [3.8, 4) is 5.88 Å². The molecular formula is C21H25N5O2. The lowest BCUT2D eigenvalue weighted by Crippen LogP contribution is -2.32. The number of hydrogen-bond donors (Lipinski definition) is 0. The molecule has 1 amide bonds. The number of amides is 1. The van der Waals surface area contributed by atoms with Crippen molar-refractivity contribution in [2.75, 3.05) is 32.1 Å². The van der Waals surface area contributed by atoms with Gasteiger partial charge < -0.3 is 19.1 Å². The molecular weight excluding hydrogens is 354 g/mol. The quantitative estimate of drug-likeness (QED) is 0.680. The van der Waals surface area contributed by atoms with Gasteiger partial charge in [-0.2, -0.15) is 4.98 Å². The van der Waals surface area contributed by atoms with Crippen LogP contribution in [0.3, 0.4) is 0 Å². The Labute approximate surface area is 164 Å². The van der Waals surface area contributed by atoms with Crippen LogP contribution in [-0.2, 0) is 18.3 Å². The van der Waals surface area contributed by atoms with Gasteiger partial charge in [0.15, 0.2) is 5.82 Å². The van der Waals surface area contributed by atoms with Gasteiger partial charge in [-0.05, 0) is 11.6 Å². The Morgan fingerprint density at radius 3 is 2.93 bits per heavy atom. The summed E-state index contributed by atoms with van der Waals surface area (Å²) >= 11 is 0. The minimum atomic E-state index is -0.0526. The monoisotopic (exact) mass is 379 g/mol. The van der Waals surface area contributed by atoms with Gasteiger partial charge in [0.25, 0.3) is 0 Å². The van der Waals surface area contributed by atoms with Gasteiger partial charge in [-0.1, -0.05) is 18.2 Å². The van der Waals surface area contributed by atoms with Crippen LogP contribution in [0.1, 0.15) is 12.0 Å². The molecule has 0 spiro atoms. The lowest BCUT2D eigenvalue weighted by atomic mass is 10.1. The Morgan fingerprint density at radius 1 is 1.29 bits per heavy atom. The van der Waals surface area contributed by atoms with Crippen molar-refractivity contribution in [3.63, 3.8) is 0 Å². The predicted molar refractivity (Wildman–Crippen MR) is 109 cm³/mol. The van der Waals surface area contributed by atoms with Gasteiger partial charge >= 0.3 is 0 Å². The predicted octanol–water partition coefficient (Wildman–Crippen LogP) is 2.26. The molecule has 0 radical (unpaired) electrons. The van der Waals surface area contributed by atoms with E-state index in [1.54, 1.807) is 12.4 Å². The molecule has 7 heteroatoms. The molecule has 3 aromatic rings. The van der Waals surface area contributed by atoms with Crippen LogP contribution in [0.25, 0.3) is 10.9 Å². The van der Waals surface area contributed by atoms with Gasteiger partial charge in [-0.15, -0.1) is 0 Å². The zero-order chi connectivity index (χ0) is 19.7. The van der Waals surface area contributed by atoms with Crippen LogP contribution in [0.5, 0.6) is 5.88 Å². The Bertz CT molecular complexity index is 997. The second kappa shape index (κ2) is 7.50. The molecule has 0 bridgehead atoms. The van der Waals surface area contributed by atoms with Crippen molar-refractivity contribution in [2.24, 2.45) is 7.05 Å². The van der Waals surface area contributed by atoms with Crippen molar-refractivity contribution in [2.45, 2.75) is 18.9 Å². The molecule has 3 heterocycles. The third kappa shape index (κ3) is 3.65. The Balaban J connectivity index is 1.40. The molecule has 7 nitrogen and oxygen atoms in total. The number of fused-ring (bicyclic) bond motifs is 1. The summed E-state index contributed by atoms with van der Waals surface area (Å²) in [5, 5.41) is 1.14. The molecule has 1 aromatic carbocycles. The van der Waals surface area contributed by atoms with Crippen LogP contribution in [0.15, 0.2) is 42.9 Å². The lowest BCUT2D eigenvalue weighted by molar-refractivity contribution is -0.129. The van der Waals surface area contributed by atoms with Crippen LogP contribution in [-0.4, -0.2) is 58.6 Å². The maximum atomic E-state index is 12.8. The van der Waals surface area contributed by atoms with Crippen LogP contribution < -0.4 is 9.64 Å². The normalized spacial score (nSPS) is 16.5. The van der Waals surface area contributed by atoms with Crippen LogP contribution in [0, 0.1) is 0 Å². The first-order chi connectivity index (χ1) is 13.5. The van der Waals surface area contributed by atoms with Crippen LogP contribution in [0.4, 0.5) is 5.82 Å². The maximum absolute atomic E-state index is 12.8. The summed E-state index contributed by atoms with van der Waals surface area (Å²) in [5.41, 5.74) is 2.21. The molecule has 0 N–H and O–H groups in total. The van der Waals surface area contributed by atoms with E-state index in [0.29, 0.717) is 25.4 Å². The van der Waals surface area contributed by atoms with Gasteiger partial charge in [-0.25, -0.2) is 0 Å². The van der Waals surface area contributed by atoms with Gasteiger partial charge in [0.1, 0.15) is 6.10 Å². The molecule has 0 saturated carbocycles. The molecule has 1 atom stereocenters. The van der Waals surface area contributed by atoms with E-state index in [9.17, 15) is 4.79 Å². The zero-order valence-corrected chi connectivity index (χ0v) is 16.5. The Kier molecular flexibility index (Phi) is 4.90. The third-order valence-electron chi connectivity index (χ3n) is 5.16. The maximum Gasteiger partial charge on any atom is 0.234 e. The number of aryl methyl sites for hydroxylation is 1. The largest absolute Gasteiger partial charge is 0.471 e. The number of nitrogens with zero attached hydrogens (tertiary/aromatic N) is 5. The molecule has 0 aliphatic carbocycles. The molecule has 1 saturated heterocycles. The summed E-state index contributed by atoms with van der Waals surface area (Å²) in [4.78, 5) is 25.2. The Hall–Kier alpha value is -3.09. The minimum absolute atomic E-state index is 0.0526. The zero-order valence-electron chi connectivity index (χ0n) is 16.5. The summed E-state index contributed by atoms with van der Waals surface area (Å²) in [6, 6.07) is 8.18. The fourth-order valence-corrected chi connectivity index (χ4v) is 3.67. The first kappa shape index (κ1) is 18.3. The first-order valence-electron chi connectivity index (χ1n) is 9.48. The van der Waals surface area contributed by atoms with E-state index < -0.39 is 0 Å². The highest BCUT2D eigenvalue weighted by molar-refractivity contribution is 5.89. The molecule has 1 aliphatic heterocycles. The second-order valence-electron chi connectivity index (χ2n) is 7.44. The Morgan fingerprint density at radius 2 is 2.11 bits per heavy atom. The number of ether oxygens (including phenoxy) is 1. The summed E-state index contributed by atoms with van der Waals surface area (Å²) < 4.78 is 8.05. The SMILES string of the molecule is CN(C)c1cncc(OC2CCN(C(=O)Cc3cn(C)c4ccccc34)C2)n1. The fraction of sp³-hybridized carbons (Fsp3) is 0.381. The summed E-state index contributed by atoms with van der Waals surface area (Å²) in [7, 11) is 5.84. The van der Waals surface area contributed by atoms with Crippen molar-refractivity contribution in [1.29, 1.82) is 0 Å². The molecule has 2 aromatic heterocycles. The summed E-state index contributed by atoms with van der Waals surface area (Å²) in [6.07, 6.45) is 6.52. The molecule has 28 heavy (non-hydrogen) atoms. The van der Waals surface area contributed by atoms with E-state index in [2.05, 4.69) is 32.9 Å². The summed E-state index contributed by atoms with van der Waals surface area (Å²) in [5.74, 6) is 1.38. The number of rotatable bonds is 5. The number of likely N-dealkylation sites (tertiary alicyclic amines) is 1. The summed E-state index contributed by atoms with van der Waals surface area (Å²) in [6.45, 7) is 1.28. The number of carbonyl (C=O) groups excluding carboxylic acids is 1. The van der Waals surface area contributed by atoms with Crippen LogP contribution in [0.2, 0.25) is 0 Å². The number of benzene rings is 1. The van der Waals surface area contributed by atoms with Crippen LogP contribution >= 0.6 is 0 Å². The molecule has 1 unspecified atom stereocenters. The second-order valence-corrected chi connectivity index (χ2v) is 7.44. The number of para-hydroxylation sites is 1. The van der Waals surface area contributed by atoms with Gasteiger partial charge in [-0.3, -0.25) is 9.78 Å². The molecule has 4 rings (SSSR count). The van der Waals surface area contributed by atoms with E-state index in [0.717, 1.165) is 28.7 Å². The smallest absolute Gasteiger partial charge is 0.234 e. The highest BCUT2D eigenvalue weighted by Crippen LogP contribution is 2.23. The fourth-order valence-electron chi connectivity index (χ4n) is 3.67. The van der Waals surface area contributed by atoms with Crippen molar-refractivity contribution >= 4 is 22.6 Å². The molecule has 146 valence electrons.